The fraction of sp³-hybridized carbons (Fsp3) is 0.273. The number of nitrogens with one attached hydrogen (secondary N) is 1. The van der Waals surface area contributed by atoms with Gasteiger partial charge in [-0.15, -0.1) is 0 Å². The van der Waals surface area contributed by atoms with Crippen LogP contribution in [0.3, 0.4) is 0 Å². The summed E-state index contributed by atoms with van der Waals surface area (Å²) in [5, 5.41) is 8.41. The van der Waals surface area contributed by atoms with Crippen molar-refractivity contribution in [3.05, 3.63) is 39.8 Å². The van der Waals surface area contributed by atoms with Crippen molar-refractivity contribution >= 4 is 12.0 Å². The number of aromatic amines is 1. The van der Waals surface area contributed by atoms with Crippen molar-refractivity contribution in [3.8, 4) is 0 Å². The Kier molecular flexibility index (Phi) is 3.44. The number of hydrogen-bond acceptors (Lipinski definition) is 2. The van der Waals surface area contributed by atoms with Gasteiger partial charge in [0.15, 0.2) is 0 Å². The molecule has 15 heavy (non-hydrogen) atoms. The molecule has 0 spiro atoms. The van der Waals surface area contributed by atoms with Crippen LogP contribution in [0.5, 0.6) is 0 Å². The zero-order chi connectivity index (χ0) is 11.4. The predicted molar refractivity (Wildman–Crippen MR) is 57.8 cm³/mol. The Balaban J connectivity index is 3.04. The van der Waals surface area contributed by atoms with E-state index in [4.69, 9.17) is 5.11 Å². The Morgan fingerprint density at radius 3 is 2.60 bits per heavy atom. The monoisotopic (exact) mass is 207 g/mol. The van der Waals surface area contributed by atoms with E-state index in [9.17, 15) is 9.59 Å². The quantitative estimate of drug-likeness (QED) is 0.739. The minimum Gasteiger partial charge on any atom is -0.478 e. The average molecular weight is 207 g/mol. The number of carbonyl (C=O) groups is 1. The van der Waals surface area contributed by atoms with Crippen LogP contribution in [0.1, 0.15) is 31.0 Å². The summed E-state index contributed by atoms with van der Waals surface area (Å²) in [5.41, 5.74) is 0.924. The van der Waals surface area contributed by atoms with E-state index < -0.39 is 5.97 Å². The summed E-state index contributed by atoms with van der Waals surface area (Å²) in [4.78, 5) is 24.4. The molecule has 0 amide bonds. The summed E-state index contributed by atoms with van der Waals surface area (Å²) in [6.07, 6.45) is 2.23. The molecule has 0 aliphatic rings. The first-order chi connectivity index (χ1) is 7.00. The van der Waals surface area contributed by atoms with Crippen molar-refractivity contribution in [1.82, 2.24) is 4.98 Å². The number of pyridine rings is 1. The first kappa shape index (κ1) is 11.2. The summed E-state index contributed by atoms with van der Waals surface area (Å²) in [7, 11) is 0. The molecule has 1 aromatic heterocycles. The van der Waals surface area contributed by atoms with E-state index in [1.54, 1.807) is 12.1 Å². The number of carboxylic acids is 1. The third-order valence-corrected chi connectivity index (χ3v) is 1.99. The molecule has 0 aliphatic heterocycles. The summed E-state index contributed by atoms with van der Waals surface area (Å²) >= 11 is 0. The minimum atomic E-state index is -1.07. The lowest BCUT2D eigenvalue weighted by molar-refractivity contribution is -0.131. The molecular weight excluding hydrogens is 194 g/mol. The Bertz CT molecular complexity index is 443. The number of H-pyrrole nitrogens is 1. The molecule has 80 valence electrons. The maximum Gasteiger partial charge on any atom is 0.328 e. The SMILES string of the molecule is CC(C)c1ccc(/C=C/C(=O)O)c(=O)[nH]1. The number of aliphatic carboxylic acids is 1. The topological polar surface area (TPSA) is 70.2 Å². The second-order valence-corrected chi connectivity index (χ2v) is 3.52. The van der Waals surface area contributed by atoms with Crippen LogP contribution in [0.25, 0.3) is 6.08 Å². The first-order valence-electron chi connectivity index (χ1n) is 4.65. The molecule has 4 heteroatoms. The van der Waals surface area contributed by atoms with E-state index in [1.807, 2.05) is 13.8 Å². The fourth-order valence-corrected chi connectivity index (χ4v) is 1.13. The van der Waals surface area contributed by atoms with E-state index in [0.29, 0.717) is 5.56 Å². The average Bonchev–Trinajstić information content (AvgIpc) is 2.15. The van der Waals surface area contributed by atoms with Gasteiger partial charge in [-0.2, -0.15) is 0 Å². The van der Waals surface area contributed by atoms with Gasteiger partial charge in [-0.3, -0.25) is 4.79 Å². The molecule has 1 heterocycles. The maximum absolute atomic E-state index is 11.5. The lowest BCUT2D eigenvalue weighted by Gasteiger charge is -2.04. The van der Waals surface area contributed by atoms with Gasteiger partial charge >= 0.3 is 5.97 Å². The van der Waals surface area contributed by atoms with Gasteiger partial charge in [-0.25, -0.2) is 4.79 Å². The van der Waals surface area contributed by atoms with Crippen LogP contribution in [-0.2, 0) is 4.79 Å². The molecule has 0 aromatic carbocycles. The van der Waals surface area contributed by atoms with E-state index >= 15 is 0 Å². The normalized spacial score (nSPS) is 11.1. The number of hydrogen-bond donors (Lipinski definition) is 2. The summed E-state index contributed by atoms with van der Waals surface area (Å²) in [5.74, 6) is -0.822. The summed E-state index contributed by atoms with van der Waals surface area (Å²) in [6.45, 7) is 3.94. The lowest BCUT2D eigenvalue weighted by Crippen LogP contribution is -2.12. The molecule has 1 aromatic rings. The van der Waals surface area contributed by atoms with Crippen molar-refractivity contribution in [3.63, 3.8) is 0 Å². The lowest BCUT2D eigenvalue weighted by atomic mass is 10.1. The van der Waals surface area contributed by atoms with Gasteiger partial charge in [0.25, 0.3) is 5.56 Å². The first-order valence-corrected chi connectivity index (χ1v) is 4.65. The largest absolute Gasteiger partial charge is 0.478 e. The van der Waals surface area contributed by atoms with Gasteiger partial charge in [-0.05, 0) is 24.1 Å². The van der Waals surface area contributed by atoms with Gasteiger partial charge in [0.05, 0.1) is 0 Å². The smallest absolute Gasteiger partial charge is 0.328 e. The minimum absolute atomic E-state index is 0.246. The predicted octanol–water partition coefficient (Wildman–Crippen LogP) is 1.60. The summed E-state index contributed by atoms with van der Waals surface area (Å²) < 4.78 is 0. The number of rotatable bonds is 3. The fourth-order valence-electron chi connectivity index (χ4n) is 1.13. The van der Waals surface area contributed by atoms with Crippen LogP contribution in [0.15, 0.2) is 23.0 Å². The molecule has 0 saturated heterocycles. The standard InChI is InChI=1S/C11H13NO3/c1-7(2)9-5-3-8(11(15)12-9)4-6-10(13)14/h3-7H,1-2H3,(H,12,15)(H,13,14)/b6-4+. The van der Waals surface area contributed by atoms with Gasteiger partial charge in [0, 0.05) is 17.3 Å². The highest BCUT2D eigenvalue weighted by molar-refractivity contribution is 5.85. The van der Waals surface area contributed by atoms with Crippen LogP contribution < -0.4 is 5.56 Å². The van der Waals surface area contributed by atoms with E-state index in [0.717, 1.165) is 11.8 Å². The molecule has 0 aliphatic carbocycles. The molecule has 0 atom stereocenters. The van der Waals surface area contributed by atoms with E-state index in [-0.39, 0.29) is 11.5 Å². The summed E-state index contributed by atoms with van der Waals surface area (Å²) in [6, 6.07) is 3.40. The van der Waals surface area contributed by atoms with Crippen LogP contribution in [-0.4, -0.2) is 16.1 Å². The third-order valence-electron chi connectivity index (χ3n) is 1.99. The third kappa shape index (κ3) is 3.09. The van der Waals surface area contributed by atoms with Crippen molar-refractivity contribution in [2.75, 3.05) is 0 Å². The van der Waals surface area contributed by atoms with Crippen LogP contribution >= 0.6 is 0 Å². The van der Waals surface area contributed by atoms with Crippen LogP contribution in [0.2, 0.25) is 0 Å². The zero-order valence-corrected chi connectivity index (χ0v) is 8.65. The molecule has 0 radical (unpaired) electrons. The van der Waals surface area contributed by atoms with Crippen molar-refractivity contribution < 1.29 is 9.90 Å². The number of aromatic nitrogens is 1. The second kappa shape index (κ2) is 4.59. The highest BCUT2D eigenvalue weighted by Gasteiger charge is 2.01. The van der Waals surface area contributed by atoms with E-state index in [1.165, 1.54) is 6.08 Å². The Morgan fingerprint density at radius 2 is 2.13 bits per heavy atom. The molecular formula is C11H13NO3. The molecule has 4 nitrogen and oxygen atoms in total. The Hall–Kier alpha value is -1.84. The van der Waals surface area contributed by atoms with Crippen LogP contribution in [0, 0.1) is 0 Å². The van der Waals surface area contributed by atoms with Crippen molar-refractivity contribution in [2.45, 2.75) is 19.8 Å². The van der Waals surface area contributed by atoms with Gasteiger partial charge in [0.1, 0.15) is 0 Å². The van der Waals surface area contributed by atoms with E-state index in [2.05, 4.69) is 4.98 Å². The Morgan fingerprint density at radius 1 is 1.47 bits per heavy atom. The van der Waals surface area contributed by atoms with Gasteiger partial charge < -0.3 is 10.1 Å². The highest BCUT2D eigenvalue weighted by atomic mass is 16.4. The zero-order valence-electron chi connectivity index (χ0n) is 8.65. The molecule has 0 fully saturated rings. The van der Waals surface area contributed by atoms with Gasteiger partial charge in [-0.1, -0.05) is 13.8 Å². The molecule has 2 N–H and O–H groups in total. The Labute approximate surface area is 87.3 Å². The van der Waals surface area contributed by atoms with Crippen molar-refractivity contribution in [2.24, 2.45) is 0 Å². The van der Waals surface area contributed by atoms with Crippen molar-refractivity contribution in [1.29, 1.82) is 0 Å². The molecule has 0 unspecified atom stereocenters. The van der Waals surface area contributed by atoms with Gasteiger partial charge in [0.2, 0.25) is 0 Å². The molecule has 1 rings (SSSR count). The second-order valence-electron chi connectivity index (χ2n) is 3.52. The highest BCUT2D eigenvalue weighted by Crippen LogP contribution is 2.09. The maximum atomic E-state index is 11.5. The molecule has 0 bridgehead atoms. The van der Waals surface area contributed by atoms with Crippen LogP contribution in [0.4, 0.5) is 0 Å². The number of carboxylic acid groups (broad SMARTS) is 1. The molecule has 0 saturated carbocycles.